The number of halogens is 1. The summed E-state index contributed by atoms with van der Waals surface area (Å²) in [6.45, 7) is 0. The van der Waals surface area contributed by atoms with Gasteiger partial charge in [0, 0.05) is 23.2 Å². The summed E-state index contributed by atoms with van der Waals surface area (Å²) in [5, 5.41) is 11.5. The number of carbonyl (C=O) groups excluding carboxylic acids is 1. The third-order valence-corrected chi connectivity index (χ3v) is 5.15. The van der Waals surface area contributed by atoms with Crippen LogP contribution in [0.25, 0.3) is 0 Å². The number of anilines is 1. The number of benzene rings is 3. The zero-order valence-electron chi connectivity index (χ0n) is 15.3. The van der Waals surface area contributed by atoms with Crippen molar-refractivity contribution >= 4 is 28.9 Å². The molecule has 1 heterocycles. The molecule has 0 saturated heterocycles. The normalized spacial score (nSPS) is 17.5. The Morgan fingerprint density at radius 1 is 1.00 bits per heavy atom. The molecule has 0 bridgehead atoms. The lowest BCUT2D eigenvalue weighted by Crippen LogP contribution is -2.38. The maximum atomic E-state index is 13.2. The quantitative estimate of drug-likeness (QED) is 0.726. The van der Waals surface area contributed by atoms with Gasteiger partial charge in [0.05, 0.1) is 11.4 Å². The van der Waals surface area contributed by atoms with Crippen molar-refractivity contribution in [3.63, 3.8) is 0 Å². The van der Waals surface area contributed by atoms with E-state index in [1.807, 2.05) is 60.7 Å². The van der Waals surface area contributed by atoms with Crippen molar-refractivity contribution in [1.29, 1.82) is 0 Å². The highest BCUT2D eigenvalue weighted by Crippen LogP contribution is 2.33. The number of amides is 1. The van der Waals surface area contributed by atoms with Gasteiger partial charge >= 0.3 is 0 Å². The van der Waals surface area contributed by atoms with Crippen LogP contribution in [0, 0.1) is 0 Å². The first-order chi connectivity index (χ1) is 13.6. The molecule has 0 aliphatic carbocycles. The minimum absolute atomic E-state index is 0.272. The molecule has 5 heteroatoms. The van der Waals surface area contributed by atoms with Gasteiger partial charge in [0.1, 0.15) is 6.10 Å². The smallest absolute Gasteiger partial charge is 0.254 e. The predicted octanol–water partition coefficient (Wildman–Crippen LogP) is 4.26. The predicted molar refractivity (Wildman–Crippen MR) is 112 cm³/mol. The van der Waals surface area contributed by atoms with Crippen LogP contribution >= 0.6 is 11.6 Å². The highest BCUT2D eigenvalue weighted by Gasteiger charge is 2.35. The number of hydrogen-bond donors (Lipinski definition) is 1. The summed E-state index contributed by atoms with van der Waals surface area (Å²) < 4.78 is 0. The molecule has 0 unspecified atom stereocenters. The minimum atomic E-state index is -1.06. The number of hydrogen-bond acceptors (Lipinski definition) is 3. The summed E-state index contributed by atoms with van der Waals surface area (Å²) in [5.41, 5.74) is 3.61. The van der Waals surface area contributed by atoms with Crippen molar-refractivity contribution in [1.82, 2.24) is 0 Å². The fraction of sp³-hybridized carbons (Fsp3) is 0.130. The van der Waals surface area contributed by atoms with Crippen molar-refractivity contribution in [3.8, 4) is 0 Å². The number of aliphatic imine (C=N–C) groups is 1. The molecule has 0 spiro atoms. The number of aliphatic hydroxyl groups is 1. The lowest BCUT2D eigenvalue weighted by Gasteiger charge is -2.23. The Balaban J connectivity index is 1.92. The van der Waals surface area contributed by atoms with Crippen LogP contribution in [0.15, 0.2) is 83.9 Å². The van der Waals surface area contributed by atoms with E-state index in [4.69, 9.17) is 16.6 Å². The third-order valence-electron chi connectivity index (χ3n) is 4.91. The van der Waals surface area contributed by atoms with E-state index in [-0.39, 0.29) is 5.91 Å². The van der Waals surface area contributed by atoms with Gasteiger partial charge < -0.3 is 10.0 Å². The Bertz CT molecular complexity index is 1030. The molecule has 1 amide bonds. The van der Waals surface area contributed by atoms with Crippen molar-refractivity contribution in [3.05, 3.63) is 101 Å². The zero-order valence-corrected chi connectivity index (χ0v) is 16.0. The number of aliphatic hydroxyl groups excluding tert-OH is 1. The van der Waals surface area contributed by atoms with Gasteiger partial charge in [-0.2, -0.15) is 0 Å². The molecule has 3 aromatic rings. The summed E-state index contributed by atoms with van der Waals surface area (Å²) >= 11 is 6.25. The van der Waals surface area contributed by atoms with Gasteiger partial charge in [-0.05, 0) is 23.8 Å². The highest BCUT2D eigenvalue weighted by atomic mass is 35.5. The Labute approximate surface area is 168 Å². The van der Waals surface area contributed by atoms with Crippen LogP contribution < -0.4 is 4.90 Å². The zero-order chi connectivity index (χ0) is 19.7. The van der Waals surface area contributed by atoms with Crippen molar-refractivity contribution in [2.24, 2.45) is 4.99 Å². The molecule has 0 radical (unpaired) electrons. The fourth-order valence-electron chi connectivity index (χ4n) is 3.44. The lowest BCUT2D eigenvalue weighted by atomic mass is 9.99. The van der Waals surface area contributed by atoms with E-state index in [2.05, 4.69) is 0 Å². The summed E-state index contributed by atoms with van der Waals surface area (Å²) in [6.07, 6.45) is -1.06. The SMILES string of the molecule is CN1C(=O)[C@H]([C@H](O)c2ccccc2)N=C(c2ccccc2)c2cc(Cl)ccc21. The number of benzodiazepines with no additional fused rings is 1. The second kappa shape index (κ2) is 7.58. The van der Waals surface area contributed by atoms with E-state index in [0.29, 0.717) is 22.0 Å². The standard InChI is InChI=1S/C23H19ClN2O2/c1-26-19-13-12-17(24)14-18(19)20(15-8-4-2-5-9-15)25-21(23(26)28)22(27)16-10-6-3-7-11-16/h2-14,21-22,27H,1H3/t21-,22+/m0/s1. The van der Waals surface area contributed by atoms with Crippen LogP contribution in [-0.4, -0.2) is 29.8 Å². The third kappa shape index (κ3) is 3.33. The Morgan fingerprint density at radius 3 is 2.32 bits per heavy atom. The molecule has 28 heavy (non-hydrogen) atoms. The number of likely N-dealkylation sites (N-methyl/N-ethyl adjacent to an activating group) is 1. The van der Waals surface area contributed by atoms with E-state index in [0.717, 1.165) is 11.1 Å². The van der Waals surface area contributed by atoms with Crippen molar-refractivity contribution < 1.29 is 9.90 Å². The molecule has 0 fully saturated rings. The Morgan fingerprint density at radius 2 is 1.64 bits per heavy atom. The molecule has 2 atom stereocenters. The maximum absolute atomic E-state index is 13.2. The molecule has 4 rings (SSSR count). The van der Waals surface area contributed by atoms with E-state index in [1.54, 1.807) is 30.1 Å². The van der Waals surface area contributed by atoms with Crippen LogP contribution in [0.1, 0.15) is 22.8 Å². The first-order valence-corrected chi connectivity index (χ1v) is 9.38. The van der Waals surface area contributed by atoms with E-state index < -0.39 is 12.1 Å². The molecule has 0 aromatic heterocycles. The fourth-order valence-corrected chi connectivity index (χ4v) is 3.61. The highest BCUT2D eigenvalue weighted by molar-refractivity contribution is 6.32. The first kappa shape index (κ1) is 18.4. The van der Waals surface area contributed by atoms with E-state index in [1.165, 1.54) is 0 Å². The molecule has 0 saturated carbocycles. The average molecular weight is 391 g/mol. The van der Waals surface area contributed by atoms with Gasteiger partial charge in [0.25, 0.3) is 5.91 Å². The molecule has 1 aliphatic heterocycles. The van der Waals surface area contributed by atoms with Crippen molar-refractivity contribution in [2.75, 3.05) is 11.9 Å². The van der Waals surface area contributed by atoms with E-state index >= 15 is 0 Å². The number of fused-ring (bicyclic) bond motifs is 1. The Kier molecular flexibility index (Phi) is 4.99. The van der Waals surface area contributed by atoms with Gasteiger partial charge in [-0.25, -0.2) is 0 Å². The molecule has 3 aromatic carbocycles. The van der Waals surface area contributed by atoms with Gasteiger partial charge in [-0.3, -0.25) is 9.79 Å². The molecule has 1 N–H and O–H groups in total. The summed E-state index contributed by atoms with van der Waals surface area (Å²) in [7, 11) is 1.70. The molecule has 140 valence electrons. The maximum Gasteiger partial charge on any atom is 0.254 e. The number of nitrogens with zero attached hydrogens (tertiary/aromatic N) is 2. The molecular weight excluding hydrogens is 372 g/mol. The van der Waals surface area contributed by atoms with Gasteiger partial charge in [-0.15, -0.1) is 0 Å². The second-order valence-electron chi connectivity index (χ2n) is 6.70. The topological polar surface area (TPSA) is 52.9 Å². The van der Waals surface area contributed by atoms with Gasteiger partial charge in [-0.1, -0.05) is 72.3 Å². The lowest BCUT2D eigenvalue weighted by molar-refractivity contribution is -0.121. The summed E-state index contributed by atoms with van der Waals surface area (Å²) in [6, 6.07) is 23.2. The summed E-state index contributed by atoms with van der Waals surface area (Å²) in [5.74, 6) is -0.272. The van der Waals surface area contributed by atoms with Crippen LogP contribution in [0.3, 0.4) is 0 Å². The number of rotatable bonds is 3. The monoisotopic (exact) mass is 390 g/mol. The summed E-state index contributed by atoms with van der Waals surface area (Å²) in [4.78, 5) is 19.5. The molecular formula is C23H19ClN2O2. The largest absolute Gasteiger partial charge is 0.386 e. The van der Waals surface area contributed by atoms with Crippen LogP contribution in [-0.2, 0) is 4.79 Å². The van der Waals surface area contributed by atoms with Crippen molar-refractivity contribution in [2.45, 2.75) is 12.1 Å². The average Bonchev–Trinajstić information content (AvgIpc) is 2.84. The minimum Gasteiger partial charge on any atom is -0.386 e. The first-order valence-electron chi connectivity index (χ1n) is 9.00. The van der Waals surface area contributed by atoms with Crippen LogP contribution in [0.4, 0.5) is 5.69 Å². The Hall–Kier alpha value is -2.95. The van der Waals surface area contributed by atoms with Gasteiger partial charge in [0.15, 0.2) is 6.04 Å². The molecule has 4 nitrogen and oxygen atoms in total. The number of carbonyl (C=O) groups is 1. The second-order valence-corrected chi connectivity index (χ2v) is 7.14. The van der Waals surface area contributed by atoms with Crippen LogP contribution in [0.2, 0.25) is 5.02 Å². The van der Waals surface area contributed by atoms with E-state index in [9.17, 15) is 9.90 Å². The van der Waals surface area contributed by atoms with Crippen LogP contribution in [0.5, 0.6) is 0 Å². The van der Waals surface area contributed by atoms with Gasteiger partial charge in [0.2, 0.25) is 0 Å². The molecule has 1 aliphatic rings.